The summed E-state index contributed by atoms with van der Waals surface area (Å²) in [5, 5.41) is 0. The first-order valence-corrected chi connectivity index (χ1v) is 10.9. The average molecular weight is 451 g/mol. The maximum absolute atomic E-state index is 13.5. The summed E-state index contributed by atoms with van der Waals surface area (Å²) in [6.07, 6.45) is -0.400. The summed E-state index contributed by atoms with van der Waals surface area (Å²) in [5.74, 6) is -1.45. The van der Waals surface area contributed by atoms with Crippen molar-refractivity contribution < 1.29 is 23.5 Å². The molecule has 0 aromatic heterocycles. The van der Waals surface area contributed by atoms with E-state index >= 15 is 0 Å². The van der Waals surface area contributed by atoms with Crippen molar-refractivity contribution in [2.45, 2.75) is 72.2 Å². The molecule has 2 rings (SSSR count). The SMILES string of the molecule is CC(C)C(=O)NNC(=O)C(c1ccc(F)cc1)N1C[C@H](C)N(C(=O)OC(C)(C)C)C[C@H]1C. The van der Waals surface area contributed by atoms with Crippen molar-refractivity contribution in [3.63, 3.8) is 0 Å². The van der Waals surface area contributed by atoms with E-state index in [0.29, 0.717) is 18.7 Å². The van der Waals surface area contributed by atoms with Crippen molar-refractivity contribution >= 4 is 17.9 Å². The molecule has 9 heteroatoms. The highest BCUT2D eigenvalue weighted by Crippen LogP contribution is 2.29. The first-order valence-electron chi connectivity index (χ1n) is 10.9. The predicted octanol–water partition coefficient (Wildman–Crippen LogP) is 3.00. The van der Waals surface area contributed by atoms with Crippen LogP contribution in [0.25, 0.3) is 0 Å². The summed E-state index contributed by atoms with van der Waals surface area (Å²) in [7, 11) is 0. The molecule has 1 unspecified atom stereocenters. The van der Waals surface area contributed by atoms with Crippen molar-refractivity contribution in [1.82, 2.24) is 20.7 Å². The summed E-state index contributed by atoms with van der Waals surface area (Å²) < 4.78 is 19.0. The van der Waals surface area contributed by atoms with Gasteiger partial charge in [0, 0.05) is 31.1 Å². The van der Waals surface area contributed by atoms with E-state index in [0.717, 1.165) is 0 Å². The van der Waals surface area contributed by atoms with Gasteiger partial charge in [-0.05, 0) is 52.3 Å². The molecule has 1 fully saturated rings. The highest BCUT2D eigenvalue weighted by atomic mass is 19.1. The summed E-state index contributed by atoms with van der Waals surface area (Å²) in [5.41, 5.74) is 4.91. The number of nitrogens with one attached hydrogen (secondary N) is 2. The number of benzene rings is 1. The van der Waals surface area contributed by atoms with E-state index in [2.05, 4.69) is 10.9 Å². The molecule has 0 saturated carbocycles. The maximum atomic E-state index is 13.5. The molecule has 1 aromatic rings. The minimum absolute atomic E-state index is 0.194. The third kappa shape index (κ3) is 6.66. The summed E-state index contributed by atoms with van der Waals surface area (Å²) in [4.78, 5) is 41.3. The third-order valence-electron chi connectivity index (χ3n) is 5.26. The van der Waals surface area contributed by atoms with Crippen molar-refractivity contribution in [3.8, 4) is 0 Å². The summed E-state index contributed by atoms with van der Waals surface area (Å²) in [6.45, 7) is 13.5. The normalized spacial score (nSPS) is 20.6. The van der Waals surface area contributed by atoms with Gasteiger partial charge >= 0.3 is 6.09 Å². The Kier molecular flexibility index (Phi) is 8.23. The van der Waals surface area contributed by atoms with Gasteiger partial charge in [-0.25, -0.2) is 9.18 Å². The van der Waals surface area contributed by atoms with Gasteiger partial charge < -0.3 is 9.64 Å². The van der Waals surface area contributed by atoms with Crippen LogP contribution in [0.3, 0.4) is 0 Å². The van der Waals surface area contributed by atoms with E-state index in [9.17, 15) is 18.8 Å². The highest BCUT2D eigenvalue weighted by molar-refractivity contribution is 5.86. The molecule has 1 aliphatic rings. The third-order valence-corrected chi connectivity index (χ3v) is 5.26. The van der Waals surface area contributed by atoms with Crippen LogP contribution in [-0.2, 0) is 14.3 Å². The Morgan fingerprint density at radius 2 is 1.56 bits per heavy atom. The van der Waals surface area contributed by atoms with E-state index in [-0.39, 0.29) is 23.9 Å². The second kappa shape index (κ2) is 10.3. The van der Waals surface area contributed by atoms with Crippen LogP contribution in [0.1, 0.15) is 60.1 Å². The second-order valence-corrected chi connectivity index (χ2v) is 9.61. The number of nitrogens with zero attached hydrogens (tertiary/aromatic N) is 2. The van der Waals surface area contributed by atoms with Crippen LogP contribution in [0.15, 0.2) is 24.3 Å². The topological polar surface area (TPSA) is 91.0 Å². The minimum Gasteiger partial charge on any atom is -0.444 e. The first-order chi connectivity index (χ1) is 14.8. The standard InChI is InChI=1S/C23H35FN4O4/c1-14(2)20(29)25-26-21(30)19(17-8-10-18(24)11-9-17)27-12-16(4)28(13-15(27)3)22(31)32-23(5,6)7/h8-11,14-16,19H,12-13H2,1-7H3,(H,25,29)(H,26,30)/t15-,16+,19?/m1/s1. The maximum Gasteiger partial charge on any atom is 0.410 e. The lowest BCUT2D eigenvalue weighted by Gasteiger charge is -2.46. The number of ether oxygens (including phenoxy) is 1. The van der Waals surface area contributed by atoms with Crippen molar-refractivity contribution in [3.05, 3.63) is 35.6 Å². The molecule has 178 valence electrons. The molecule has 3 atom stereocenters. The molecule has 1 saturated heterocycles. The lowest BCUT2D eigenvalue weighted by Crippen LogP contribution is -2.61. The fourth-order valence-corrected chi connectivity index (χ4v) is 3.56. The molecule has 1 aromatic carbocycles. The molecule has 1 heterocycles. The zero-order chi connectivity index (χ0) is 24.2. The molecule has 0 spiro atoms. The fourth-order valence-electron chi connectivity index (χ4n) is 3.56. The highest BCUT2D eigenvalue weighted by Gasteiger charge is 2.40. The number of rotatable bonds is 4. The lowest BCUT2D eigenvalue weighted by atomic mass is 9.99. The Morgan fingerprint density at radius 1 is 1.00 bits per heavy atom. The van der Waals surface area contributed by atoms with Gasteiger partial charge in [-0.3, -0.25) is 25.3 Å². The van der Waals surface area contributed by atoms with Gasteiger partial charge in [0.25, 0.3) is 5.91 Å². The molecule has 3 amide bonds. The lowest BCUT2D eigenvalue weighted by molar-refractivity contribution is -0.135. The van der Waals surface area contributed by atoms with Gasteiger partial charge in [0.1, 0.15) is 17.5 Å². The van der Waals surface area contributed by atoms with E-state index in [1.165, 1.54) is 12.1 Å². The molecule has 8 nitrogen and oxygen atoms in total. The number of hydrogen-bond acceptors (Lipinski definition) is 5. The van der Waals surface area contributed by atoms with Crippen LogP contribution in [-0.4, -0.2) is 58.5 Å². The van der Waals surface area contributed by atoms with Gasteiger partial charge in [-0.15, -0.1) is 0 Å². The first kappa shape index (κ1) is 25.6. The molecular weight excluding hydrogens is 415 g/mol. The monoisotopic (exact) mass is 450 g/mol. The zero-order valence-electron chi connectivity index (χ0n) is 19.9. The Bertz CT molecular complexity index is 822. The van der Waals surface area contributed by atoms with Gasteiger partial charge in [0.05, 0.1) is 0 Å². The van der Waals surface area contributed by atoms with E-state index < -0.39 is 29.5 Å². The second-order valence-electron chi connectivity index (χ2n) is 9.61. The molecule has 32 heavy (non-hydrogen) atoms. The molecular formula is C23H35FN4O4. The zero-order valence-corrected chi connectivity index (χ0v) is 19.9. The predicted molar refractivity (Wildman–Crippen MR) is 119 cm³/mol. The molecule has 1 aliphatic heterocycles. The average Bonchev–Trinajstić information content (AvgIpc) is 2.68. The van der Waals surface area contributed by atoms with E-state index in [1.54, 1.807) is 30.9 Å². The smallest absolute Gasteiger partial charge is 0.410 e. The number of hydrogen-bond donors (Lipinski definition) is 2. The van der Waals surface area contributed by atoms with E-state index in [4.69, 9.17) is 4.74 Å². The van der Waals surface area contributed by atoms with Crippen LogP contribution in [0.4, 0.5) is 9.18 Å². The summed E-state index contributed by atoms with van der Waals surface area (Å²) >= 11 is 0. The van der Waals surface area contributed by atoms with Crippen molar-refractivity contribution in [2.24, 2.45) is 5.92 Å². The number of halogens is 1. The Balaban J connectivity index is 2.25. The van der Waals surface area contributed by atoms with E-state index in [1.807, 2.05) is 39.5 Å². The molecule has 0 aliphatic carbocycles. The Morgan fingerprint density at radius 3 is 2.09 bits per heavy atom. The molecule has 0 radical (unpaired) electrons. The number of piperazine rings is 1. The van der Waals surface area contributed by atoms with Gasteiger partial charge in [0.15, 0.2) is 0 Å². The van der Waals surface area contributed by atoms with Gasteiger partial charge in [-0.2, -0.15) is 0 Å². The minimum atomic E-state index is -0.777. The van der Waals surface area contributed by atoms with Crippen molar-refractivity contribution in [1.29, 1.82) is 0 Å². The van der Waals surface area contributed by atoms with Gasteiger partial charge in [0.2, 0.25) is 5.91 Å². The molecule has 0 bridgehead atoms. The van der Waals surface area contributed by atoms with Crippen molar-refractivity contribution in [2.75, 3.05) is 13.1 Å². The van der Waals surface area contributed by atoms with Crippen LogP contribution < -0.4 is 10.9 Å². The quantitative estimate of drug-likeness (QED) is 0.689. The van der Waals surface area contributed by atoms with Crippen LogP contribution in [0, 0.1) is 11.7 Å². The number of hydrazine groups is 1. The summed E-state index contributed by atoms with van der Waals surface area (Å²) in [6, 6.07) is 4.52. The van der Waals surface area contributed by atoms with Gasteiger partial charge in [-0.1, -0.05) is 26.0 Å². The van der Waals surface area contributed by atoms with Crippen LogP contribution >= 0.6 is 0 Å². The number of carbonyl (C=O) groups is 3. The molecule has 2 N–H and O–H groups in total. The van der Waals surface area contributed by atoms with Crippen LogP contribution in [0.2, 0.25) is 0 Å². The Labute approximate surface area is 189 Å². The Hall–Kier alpha value is -2.68. The van der Waals surface area contributed by atoms with Crippen LogP contribution in [0.5, 0.6) is 0 Å². The largest absolute Gasteiger partial charge is 0.444 e. The number of amides is 3. The number of carbonyl (C=O) groups excluding carboxylic acids is 3. The fraction of sp³-hybridized carbons (Fsp3) is 0.609.